The molecule has 0 unspecified atom stereocenters. The predicted molar refractivity (Wildman–Crippen MR) is 124 cm³/mol. The van der Waals surface area contributed by atoms with E-state index >= 15 is 0 Å². The lowest BCUT2D eigenvalue weighted by Gasteiger charge is -2.19. The first-order chi connectivity index (χ1) is 14.8. The van der Waals surface area contributed by atoms with Crippen molar-refractivity contribution in [2.75, 3.05) is 25.5 Å². The van der Waals surface area contributed by atoms with E-state index < -0.39 is 11.7 Å². The molecule has 3 N–H and O–H groups in total. The fourth-order valence-electron chi connectivity index (χ4n) is 2.64. The van der Waals surface area contributed by atoms with Gasteiger partial charge in [0.2, 0.25) is 5.88 Å². The Balaban J connectivity index is 1.82. The second-order valence-electron chi connectivity index (χ2n) is 7.90. The molecule has 31 heavy (non-hydrogen) atoms. The van der Waals surface area contributed by atoms with Crippen molar-refractivity contribution in [2.24, 2.45) is 4.99 Å². The summed E-state index contributed by atoms with van der Waals surface area (Å²) in [4.78, 5) is 20.6. The number of ether oxygens (including phenoxy) is 2. The summed E-state index contributed by atoms with van der Waals surface area (Å²) in [6.07, 6.45) is 2.13. The molecule has 2 aromatic rings. The molecule has 8 heteroatoms. The van der Waals surface area contributed by atoms with Crippen LogP contribution in [0.15, 0.2) is 47.6 Å². The van der Waals surface area contributed by atoms with Gasteiger partial charge in [0.25, 0.3) is 0 Å². The van der Waals surface area contributed by atoms with E-state index in [1.165, 1.54) is 0 Å². The number of methoxy groups -OCH3 is 1. The number of amides is 1. The Morgan fingerprint density at radius 3 is 2.35 bits per heavy atom. The summed E-state index contributed by atoms with van der Waals surface area (Å²) in [6.45, 7) is 9.56. The molecule has 1 heterocycles. The van der Waals surface area contributed by atoms with Gasteiger partial charge in [0.15, 0.2) is 5.96 Å². The molecule has 0 saturated carbocycles. The maximum Gasteiger partial charge on any atom is 0.412 e. The summed E-state index contributed by atoms with van der Waals surface area (Å²) in [6, 6.07) is 11.5. The van der Waals surface area contributed by atoms with Crippen LogP contribution in [0.4, 0.5) is 10.5 Å². The topological polar surface area (TPSA) is 96.9 Å². The van der Waals surface area contributed by atoms with Crippen LogP contribution in [-0.2, 0) is 17.7 Å². The minimum atomic E-state index is -0.522. The number of benzene rings is 1. The fraction of sp³-hybridized carbons (Fsp3) is 0.435. The van der Waals surface area contributed by atoms with Gasteiger partial charge in [0.1, 0.15) is 5.60 Å². The Kier molecular flexibility index (Phi) is 9.12. The van der Waals surface area contributed by atoms with Crippen LogP contribution in [0.3, 0.4) is 0 Å². The Bertz CT molecular complexity index is 843. The minimum absolute atomic E-state index is 0.458. The molecule has 0 aliphatic heterocycles. The Hall–Kier alpha value is -3.29. The van der Waals surface area contributed by atoms with E-state index in [-0.39, 0.29) is 0 Å². The third-order valence-electron chi connectivity index (χ3n) is 4.08. The Labute approximate surface area is 184 Å². The summed E-state index contributed by atoms with van der Waals surface area (Å²) in [5, 5.41) is 9.32. The highest BCUT2D eigenvalue weighted by Gasteiger charge is 2.16. The quantitative estimate of drug-likeness (QED) is 0.439. The number of nitrogens with zero attached hydrogens (tertiary/aromatic N) is 2. The van der Waals surface area contributed by atoms with Gasteiger partial charge in [-0.2, -0.15) is 0 Å². The fourth-order valence-corrected chi connectivity index (χ4v) is 2.64. The molecular weight excluding hydrogens is 394 g/mol. The average Bonchev–Trinajstić information content (AvgIpc) is 2.72. The third-order valence-corrected chi connectivity index (χ3v) is 4.08. The number of nitrogens with one attached hydrogen (secondary N) is 3. The molecule has 0 radical (unpaired) electrons. The number of pyridine rings is 1. The maximum atomic E-state index is 11.8. The first kappa shape index (κ1) is 24.0. The molecule has 8 nitrogen and oxygen atoms in total. The first-order valence-electron chi connectivity index (χ1n) is 10.4. The summed E-state index contributed by atoms with van der Waals surface area (Å²) in [5.74, 6) is 1.34. The highest BCUT2D eigenvalue weighted by Crippen LogP contribution is 2.13. The van der Waals surface area contributed by atoms with E-state index in [0.29, 0.717) is 18.1 Å². The highest BCUT2D eigenvalue weighted by atomic mass is 16.6. The number of carbonyl (C=O) groups is 1. The zero-order valence-corrected chi connectivity index (χ0v) is 19.0. The van der Waals surface area contributed by atoms with Gasteiger partial charge >= 0.3 is 6.09 Å². The van der Waals surface area contributed by atoms with Gasteiger partial charge in [0, 0.05) is 31.0 Å². The van der Waals surface area contributed by atoms with Gasteiger partial charge in [-0.15, -0.1) is 0 Å². The average molecular weight is 428 g/mol. The zero-order chi connectivity index (χ0) is 22.7. The molecular formula is C23H33N5O3. The standard InChI is InChI=1S/C23H33N5O3/c1-6-24-21(27-16-18-9-12-20(30-5)26-15-18)25-14-13-17-7-10-19(11-8-17)28-22(29)31-23(2,3)4/h7-12,15H,6,13-14,16H2,1-5H3,(H,28,29)(H2,24,25,27). The van der Waals surface area contributed by atoms with E-state index in [2.05, 4.69) is 25.9 Å². The van der Waals surface area contributed by atoms with Gasteiger partial charge in [0.05, 0.1) is 13.7 Å². The molecule has 0 aliphatic rings. The van der Waals surface area contributed by atoms with E-state index in [0.717, 1.165) is 36.6 Å². The summed E-state index contributed by atoms with van der Waals surface area (Å²) >= 11 is 0. The van der Waals surface area contributed by atoms with E-state index in [9.17, 15) is 4.79 Å². The normalized spacial score (nSPS) is 11.6. The van der Waals surface area contributed by atoms with Gasteiger partial charge in [-0.05, 0) is 57.4 Å². The van der Waals surface area contributed by atoms with Crippen LogP contribution < -0.4 is 20.7 Å². The Morgan fingerprint density at radius 2 is 1.77 bits per heavy atom. The van der Waals surface area contributed by atoms with Crippen LogP contribution in [0, 0.1) is 0 Å². The zero-order valence-electron chi connectivity index (χ0n) is 19.0. The summed E-state index contributed by atoms with van der Waals surface area (Å²) in [5.41, 5.74) is 2.34. The van der Waals surface area contributed by atoms with Crippen LogP contribution >= 0.6 is 0 Å². The number of aliphatic imine (C=N–C) groups is 1. The molecule has 0 saturated heterocycles. The Morgan fingerprint density at radius 1 is 1.06 bits per heavy atom. The maximum absolute atomic E-state index is 11.8. The van der Waals surface area contributed by atoms with Crippen LogP contribution in [0.25, 0.3) is 0 Å². The van der Waals surface area contributed by atoms with Crippen molar-refractivity contribution in [3.8, 4) is 5.88 Å². The third kappa shape index (κ3) is 9.37. The molecule has 0 fully saturated rings. The van der Waals surface area contributed by atoms with Crippen LogP contribution in [0.2, 0.25) is 0 Å². The lowest BCUT2D eigenvalue weighted by atomic mass is 10.1. The van der Waals surface area contributed by atoms with Crippen molar-refractivity contribution in [1.82, 2.24) is 15.6 Å². The molecule has 1 amide bonds. The molecule has 0 aliphatic carbocycles. The molecule has 0 atom stereocenters. The van der Waals surface area contributed by atoms with Crippen molar-refractivity contribution in [1.29, 1.82) is 0 Å². The van der Waals surface area contributed by atoms with Crippen molar-refractivity contribution in [2.45, 2.75) is 46.3 Å². The molecule has 0 bridgehead atoms. The molecule has 1 aromatic heterocycles. The monoisotopic (exact) mass is 427 g/mol. The van der Waals surface area contributed by atoms with Crippen molar-refractivity contribution < 1.29 is 14.3 Å². The van der Waals surface area contributed by atoms with E-state index in [1.54, 1.807) is 13.3 Å². The summed E-state index contributed by atoms with van der Waals surface area (Å²) < 4.78 is 10.3. The minimum Gasteiger partial charge on any atom is -0.481 e. The van der Waals surface area contributed by atoms with Gasteiger partial charge in [-0.1, -0.05) is 18.2 Å². The lowest BCUT2D eigenvalue weighted by molar-refractivity contribution is 0.0636. The molecule has 0 spiro atoms. The highest BCUT2D eigenvalue weighted by molar-refractivity contribution is 5.84. The predicted octanol–water partition coefficient (Wildman–Crippen LogP) is 3.74. The van der Waals surface area contributed by atoms with Crippen molar-refractivity contribution >= 4 is 17.7 Å². The number of carbonyl (C=O) groups excluding carboxylic acids is 1. The number of hydrogen-bond acceptors (Lipinski definition) is 5. The first-order valence-corrected chi connectivity index (χ1v) is 10.4. The second kappa shape index (κ2) is 11.8. The van der Waals surface area contributed by atoms with Crippen LogP contribution in [0.5, 0.6) is 5.88 Å². The number of rotatable bonds is 8. The van der Waals surface area contributed by atoms with Gasteiger partial charge < -0.3 is 20.1 Å². The van der Waals surface area contributed by atoms with Crippen LogP contribution in [-0.4, -0.2) is 42.8 Å². The number of hydrogen-bond donors (Lipinski definition) is 3. The molecule has 2 rings (SSSR count). The van der Waals surface area contributed by atoms with Gasteiger partial charge in [-0.3, -0.25) is 5.32 Å². The lowest BCUT2D eigenvalue weighted by Crippen LogP contribution is -2.38. The molecule has 1 aromatic carbocycles. The smallest absolute Gasteiger partial charge is 0.412 e. The van der Waals surface area contributed by atoms with Crippen molar-refractivity contribution in [3.05, 3.63) is 53.7 Å². The SMILES string of the molecule is CCNC(=NCc1ccc(OC)nc1)NCCc1ccc(NC(=O)OC(C)(C)C)cc1. The van der Waals surface area contributed by atoms with Crippen molar-refractivity contribution in [3.63, 3.8) is 0 Å². The number of guanidine groups is 1. The second-order valence-corrected chi connectivity index (χ2v) is 7.90. The van der Waals surface area contributed by atoms with E-state index in [4.69, 9.17) is 9.47 Å². The van der Waals surface area contributed by atoms with Gasteiger partial charge in [-0.25, -0.2) is 14.8 Å². The largest absolute Gasteiger partial charge is 0.481 e. The summed E-state index contributed by atoms with van der Waals surface area (Å²) in [7, 11) is 1.60. The number of anilines is 1. The van der Waals surface area contributed by atoms with Crippen LogP contribution in [0.1, 0.15) is 38.8 Å². The molecule has 168 valence electrons. The van der Waals surface area contributed by atoms with E-state index in [1.807, 2.05) is 64.1 Å². The number of aromatic nitrogens is 1.